The molecule has 0 aliphatic carbocycles. The molecule has 0 fully saturated rings. The van der Waals surface area contributed by atoms with Gasteiger partial charge in [-0.3, -0.25) is 9.69 Å². The molecular weight excluding hydrogens is 126 g/mol. The number of rotatable bonds is 4. The molecule has 0 spiro atoms. The Morgan fingerprint density at radius 3 is 2.30 bits per heavy atom. The highest BCUT2D eigenvalue weighted by molar-refractivity contribution is 5.83. The third kappa shape index (κ3) is 2.48. The van der Waals surface area contributed by atoms with Crippen molar-refractivity contribution in [2.45, 2.75) is 33.2 Å². The van der Waals surface area contributed by atoms with E-state index in [1.807, 2.05) is 25.8 Å². The molecule has 0 aliphatic heterocycles. The highest BCUT2D eigenvalue weighted by Gasteiger charge is 2.13. The van der Waals surface area contributed by atoms with Crippen molar-refractivity contribution in [3.63, 3.8) is 0 Å². The minimum absolute atomic E-state index is 0.0926. The Labute approximate surface area is 63.2 Å². The second-order valence-electron chi connectivity index (χ2n) is 2.57. The van der Waals surface area contributed by atoms with Crippen LogP contribution in [-0.2, 0) is 4.79 Å². The molecule has 60 valence electrons. The molecular formula is C8H17NO. The van der Waals surface area contributed by atoms with Crippen LogP contribution in [0.2, 0.25) is 0 Å². The number of hydrogen-bond acceptors (Lipinski definition) is 2. The molecule has 0 amide bonds. The summed E-state index contributed by atoms with van der Waals surface area (Å²) in [7, 11) is 1.97. The van der Waals surface area contributed by atoms with Crippen LogP contribution in [0, 0.1) is 0 Å². The Kier molecular flexibility index (Phi) is 4.28. The first-order chi connectivity index (χ1) is 4.63. The average molecular weight is 143 g/mol. The molecule has 0 radical (unpaired) electrons. The van der Waals surface area contributed by atoms with Gasteiger partial charge >= 0.3 is 0 Å². The fourth-order valence-electron chi connectivity index (χ4n) is 0.815. The summed E-state index contributed by atoms with van der Waals surface area (Å²) in [5, 5.41) is 0. The number of carbonyl (C=O) groups excluding carboxylic acids is 1. The summed E-state index contributed by atoms with van der Waals surface area (Å²) in [4.78, 5) is 13.1. The fraction of sp³-hybridized carbons (Fsp3) is 0.875. The SMILES string of the molecule is CCC(=O)[C@H](C)N(C)CC. The van der Waals surface area contributed by atoms with E-state index in [9.17, 15) is 4.79 Å². The smallest absolute Gasteiger partial charge is 0.149 e. The van der Waals surface area contributed by atoms with Gasteiger partial charge in [0.25, 0.3) is 0 Å². The highest BCUT2D eigenvalue weighted by Crippen LogP contribution is 1.98. The number of ketones is 1. The zero-order chi connectivity index (χ0) is 8.15. The molecule has 0 bridgehead atoms. The monoisotopic (exact) mass is 143 g/mol. The predicted octanol–water partition coefficient (Wildman–Crippen LogP) is 1.31. The lowest BCUT2D eigenvalue weighted by Gasteiger charge is -2.20. The van der Waals surface area contributed by atoms with Crippen LogP contribution >= 0.6 is 0 Å². The maximum atomic E-state index is 11.1. The molecule has 0 heterocycles. The summed E-state index contributed by atoms with van der Waals surface area (Å²) in [6, 6.07) is 0.0926. The van der Waals surface area contributed by atoms with E-state index in [2.05, 4.69) is 6.92 Å². The molecule has 2 heteroatoms. The number of Topliss-reactive ketones (excluding diaryl/α,β-unsaturated/α-hetero) is 1. The van der Waals surface area contributed by atoms with E-state index < -0.39 is 0 Å². The van der Waals surface area contributed by atoms with Gasteiger partial charge in [0.05, 0.1) is 6.04 Å². The summed E-state index contributed by atoms with van der Waals surface area (Å²) in [5.74, 6) is 0.323. The van der Waals surface area contributed by atoms with Crippen LogP contribution in [0.5, 0.6) is 0 Å². The lowest BCUT2D eigenvalue weighted by Crippen LogP contribution is -2.35. The maximum Gasteiger partial charge on any atom is 0.149 e. The van der Waals surface area contributed by atoms with Crippen LogP contribution in [0.25, 0.3) is 0 Å². The van der Waals surface area contributed by atoms with Gasteiger partial charge < -0.3 is 0 Å². The second-order valence-corrected chi connectivity index (χ2v) is 2.57. The Hall–Kier alpha value is -0.370. The normalized spacial score (nSPS) is 13.7. The average Bonchev–Trinajstić information content (AvgIpc) is 2.00. The molecule has 0 saturated heterocycles. The summed E-state index contributed by atoms with van der Waals surface area (Å²) in [6.07, 6.45) is 0.644. The van der Waals surface area contributed by atoms with E-state index in [0.29, 0.717) is 12.2 Å². The first-order valence-electron chi connectivity index (χ1n) is 3.86. The van der Waals surface area contributed by atoms with Crippen molar-refractivity contribution >= 4 is 5.78 Å². The summed E-state index contributed by atoms with van der Waals surface area (Å²) < 4.78 is 0. The molecule has 0 saturated carbocycles. The van der Waals surface area contributed by atoms with E-state index in [-0.39, 0.29) is 6.04 Å². The van der Waals surface area contributed by atoms with Crippen LogP contribution in [0.15, 0.2) is 0 Å². The van der Waals surface area contributed by atoms with Crippen molar-refractivity contribution in [3.05, 3.63) is 0 Å². The number of carbonyl (C=O) groups is 1. The van der Waals surface area contributed by atoms with Crippen molar-refractivity contribution in [1.29, 1.82) is 0 Å². The maximum absolute atomic E-state index is 11.1. The lowest BCUT2D eigenvalue weighted by atomic mass is 10.1. The highest BCUT2D eigenvalue weighted by atomic mass is 16.1. The first-order valence-corrected chi connectivity index (χ1v) is 3.86. The molecule has 0 N–H and O–H groups in total. The van der Waals surface area contributed by atoms with Gasteiger partial charge in [-0.25, -0.2) is 0 Å². The van der Waals surface area contributed by atoms with E-state index in [4.69, 9.17) is 0 Å². The Morgan fingerprint density at radius 1 is 1.50 bits per heavy atom. The molecule has 0 aromatic heterocycles. The Bertz CT molecular complexity index is 112. The third-order valence-electron chi connectivity index (χ3n) is 1.97. The van der Waals surface area contributed by atoms with E-state index in [1.54, 1.807) is 0 Å². The quantitative estimate of drug-likeness (QED) is 0.591. The van der Waals surface area contributed by atoms with Gasteiger partial charge in [-0.1, -0.05) is 13.8 Å². The zero-order valence-electron chi connectivity index (χ0n) is 7.35. The minimum atomic E-state index is 0.0926. The second kappa shape index (κ2) is 4.45. The van der Waals surface area contributed by atoms with Gasteiger partial charge in [0, 0.05) is 6.42 Å². The van der Waals surface area contributed by atoms with Gasteiger partial charge in [-0.05, 0) is 20.5 Å². The van der Waals surface area contributed by atoms with Gasteiger partial charge in [-0.2, -0.15) is 0 Å². The van der Waals surface area contributed by atoms with Crippen molar-refractivity contribution in [2.75, 3.05) is 13.6 Å². The standard InChI is InChI=1S/C8H17NO/c1-5-8(10)7(3)9(4)6-2/h7H,5-6H2,1-4H3/t7-/m0/s1. The summed E-state index contributed by atoms with van der Waals surface area (Å²) >= 11 is 0. The first kappa shape index (κ1) is 9.63. The van der Waals surface area contributed by atoms with Gasteiger partial charge in [0.15, 0.2) is 0 Å². The van der Waals surface area contributed by atoms with E-state index >= 15 is 0 Å². The van der Waals surface area contributed by atoms with Gasteiger partial charge in [0.1, 0.15) is 5.78 Å². The number of nitrogens with zero attached hydrogens (tertiary/aromatic N) is 1. The fourth-order valence-corrected chi connectivity index (χ4v) is 0.815. The van der Waals surface area contributed by atoms with Crippen LogP contribution in [0.3, 0.4) is 0 Å². The Balaban J connectivity index is 3.81. The topological polar surface area (TPSA) is 20.3 Å². The molecule has 10 heavy (non-hydrogen) atoms. The number of likely N-dealkylation sites (N-methyl/N-ethyl adjacent to an activating group) is 1. The molecule has 0 unspecified atom stereocenters. The number of hydrogen-bond donors (Lipinski definition) is 0. The minimum Gasteiger partial charge on any atom is -0.298 e. The largest absolute Gasteiger partial charge is 0.298 e. The van der Waals surface area contributed by atoms with Crippen molar-refractivity contribution in [2.24, 2.45) is 0 Å². The van der Waals surface area contributed by atoms with Gasteiger partial charge in [-0.15, -0.1) is 0 Å². The molecule has 1 atom stereocenters. The van der Waals surface area contributed by atoms with Crippen molar-refractivity contribution < 1.29 is 4.79 Å². The Morgan fingerprint density at radius 2 is 2.00 bits per heavy atom. The predicted molar refractivity (Wildman–Crippen MR) is 43.1 cm³/mol. The van der Waals surface area contributed by atoms with Gasteiger partial charge in [0.2, 0.25) is 0 Å². The summed E-state index contributed by atoms with van der Waals surface area (Å²) in [6.45, 7) is 6.85. The molecule has 0 rings (SSSR count). The van der Waals surface area contributed by atoms with Crippen LogP contribution in [0.4, 0.5) is 0 Å². The molecule has 0 aromatic carbocycles. The third-order valence-corrected chi connectivity index (χ3v) is 1.97. The van der Waals surface area contributed by atoms with Crippen LogP contribution in [0.1, 0.15) is 27.2 Å². The van der Waals surface area contributed by atoms with E-state index in [0.717, 1.165) is 6.54 Å². The van der Waals surface area contributed by atoms with Crippen molar-refractivity contribution in [3.8, 4) is 0 Å². The summed E-state index contributed by atoms with van der Waals surface area (Å²) in [5.41, 5.74) is 0. The van der Waals surface area contributed by atoms with Crippen LogP contribution in [-0.4, -0.2) is 30.3 Å². The zero-order valence-corrected chi connectivity index (χ0v) is 7.35. The molecule has 0 aliphatic rings. The van der Waals surface area contributed by atoms with Crippen LogP contribution < -0.4 is 0 Å². The molecule has 0 aromatic rings. The van der Waals surface area contributed by atoms with E-state index in [1.165, 1.54) is 0 Å². The van der Waals surface area contributed by atoms with Crippen molar-refractivity contribution in [1.82, 2.24) is 4.90 Å². The molecule has 2 nitrogen and oxygen atoms in total. The lowest BCUT2D eigenvalue weighted by molar-refractivity contribution is -0.122.